The van der Waals surface area contributed by atoms with E-state index in [2.05, 4.69) is 0 Å². The molecule has 1 rings (SSSR count). The van der Waals surface area contributed by atoms with Gasteiger partial charge in [-0.15, -0.1) is 11.8 Å². The number of alkyl halides is 3. The molecule has 1 aromatic rings. The molecule has 0 aliphatic rings. The predicted molar refractivity (Wildman–Crippen MR) is 72.0 cm³/mol. The fraction of sp³-hybridized carbons (Fsp3) is 0.400. The first-order chi connectivity index (χ1) is 8.72. The highest BCUT2D eigenvalue weighted by Crippen LogP contribution is 2.44. The Hall–Kier alpha value is -0.270. The molecule has 0 saturated heterocycles. The Labute approximate surface area is 118 Å². The first kappa shape index (κ1) is 16.8. The molecule has 0 aliphatic carbocycles. The summed E-state index contributed by atoms with van der Waals surface area (Å²) in [6.45, 7) is -1.45. The first-order valence-corrected chi connectivity index (χ1v) is 8.76. The number of thioether (sulfide) groups is 1. The average Bonchev–Trinajstić information content (AvgIpc) is 2.26. The molecule has 0 radical (unpaired) electrons. The van der Waals surface area contributed by atoms with E-state index in [1.54, 1.807) is 6.92 Å². The van der Waals surface area contributed by atoms with E-state index in [9.17, 15) is 18.1 Å². The Morgan fingerprint density at radius 3 is 2.37 bits per heavy atom. The van der Waals surface area contributed by atoms with Gasteiger partial charge in [0.15, 0.2) is 0 Å². The Bertz CT molecular complexity index is 450. The summed E-state index contributed by atoms with van der Waals surface area (Å²) in [4.78, 5) is 10.0. The Morgan fingerprint density at radius 2 is 1.89 bits per heavy atom. The van der Waals surface area contributed by atoms with Crippen molar-refractivity contribution in [2.45, 2.75) is 18.0 Å². The van der Waals surface area contributed by atoms with E-state index in [1.807, 2.05) is 0 Å². The third kappa shape index (κ3) is 7.17. The van der Waals surface area contributed by atoms with Crippen LogP contribution in [0.25, 0.3) is 0 Å². The number of benzene rings is 1. The van der Waals surface area contributed by atoms with Crippen LogP contribution < -0.4 is 4.52 Å². The molecular weight excluding hydrogens is 320 g/mol. The Morgan fingerprint density at radius 1 is 1.32 bits per heavy atom. The van der Waals surface area contributed by atoms with E-state index in [0.29, 0.717) is 16.7 Å². The molecular formula is C10H12F3O3PS2. The summed E-state index contributed by atoms with van der Waals surface area (Å²) in [5.41, 5.74) is 0. The van der Waals surface area contributed by atoms with Crippen LogP contribution in [0, 0.1) is 0 Å². The highest BCUT2D eigenvalue weighted by atomic mass is 32.5. The summed E-state index contributed by atoms with van der Waals surface area (Å²) in [6.07, 6.45) is -4.21. The SMILES string of the molecule is CCOP(O)(=S)Oc1ccc(SCC(F)(F)F)cc1. The van der Waals surface area contributed by atoms with Crippen LogP contribution >= 0.6 is 18.5 Å². The van der Waals surface area contributed by atoms with Gasteiger partial charge in [0.25, 0.3) is 0 Å². The molecule has 3 nitrogen and oxygen atoms in total. The second-order valence-electron chi connectivity index (χ2n) is 3.35. The fourth-order valence-electron chi connectivity index (χ4n) is 1.08. The molecule has 1 unspecified atom stereocenters. The van der Waals surface area contributed by atoms with E-state index in [0.717, 1.165) is 0 Å². The van der Waals surface area contributed by atoms with Gasteiger partial charge in [-0.1, -0.05) is 0 Å². The standard InChI is InChI=1S/C10H12F3O3PS2/c1-2-15-17(14,18)16-8-3-5-9(6-4-8)19-7-10(11,12)13/h3-6H,2,7H2,1H3,(H,14,18). The van der Waals surface area contributed by atoms with Crippen LogP contribution in [-0.4, -0.2) is 23.4 Å². The van der Waals surface area contributed by atoms with Crippen LogP contribution in [-0.2, 0) is 16.3 Å². The second kappa shape index (κ2) is 6.95. The van der Waals surface area contributed by atoms with Crippen molar-refractivity contribution in [3.63, 3.8) is 0 Å². The van der Waals surface area contributed by atoms with Gasteiger partial charge in [-0.2, -0.15) is 13.2 Å². The molecule has 9 heteroatoms. The van der Waals surface area contributed by atoms with Crippen molar-refractivity contribution in [2.24, 2.45) is 0 Å². The molecule has 108 valence electrons. The van der Waals surface area contributed by atoms with Crippen molar-refractivity contribution in [3.05, 3.63) is 24.3 Å². The van der Waals surface area contributed by atoms with E-state index >= 15 is 0 Å². The van der Waals surface area contributed by atoms with Crippen LogP contribution in [0.3, 0.4) is 0 Å². The maximum Gasteiger partial charge on any atom is 0.398 e. The highest BCUT2D eigenvalue weighted by molar-refractivity contribution is 8.07. The van der Waals surface area contributed by atoms with Gasteiger partial charge in [0.05, 0.1) is 12.4 Å². The lowest BCUT2D eigenvalue weighted by molar-refractivity contribution is -0.105. The first-order valence-electron chi connectivity index (χ1n) is 5.18. The van der Waals surface area contributed by atoms with Gasteiger partial charge in [-0.3, -0.25) is 4.52 Å². The molecule has 1 aromatic carbocycles. The Balaban J connectivity index is 2.59. The van der Waals surface area contributed by atoms with Crippen LogP contribution in [0.5, 0.6) is 5.75 Å². The lowest BCUT2D eigenvalue weighted by Gasteiger charge is -2.15. The van der Waals surface area contributed by atoms with Gasteiger partial charge in [-0.05, 0) is 31.2 Å². The molecule has 0 aliphatic heterocycles. The van der Waals surface area contributed by atoms with Crippen molar-refractivity contribution < 1.29 is 27.1 Å². The van der Waals surface area contributed by atoms with Gasteiger partial charge in [0, 0.05) is 16.7 Å². The van der Waals surface area contributed by atoms with Crippen molar-refractivity contribution >= 4 is 30.3 Å². The van der Waals surface area contributed by atoms with Gasteiger partial charge >= 0.3 is 12.9 Å². The maximum absolute atomic E-state index is 12.0. The maximum atomic E-state index is 12.0. The predicted octanol–water partition coefficient (Wildman–Crippen LogP) is 3.97. The van der Waals surface area contributed by atoms with E-state index < -0.39 is 18.6 Å². The monoisotopic (exact) mass is 332 g/mol. The average molecular weight is 332 g/mol. The van der Waals surface area contributed by atoms with Gasteiger partial charge in [-0.25, -0.2) is 0 Å². The van der Waals surface area contributed by atoms with Crippen LogP contribution in [0.15, 0.2) is 29.2 Å². The Kier molecular flexibility index (Phi) is 6.14. The molecule has 0 saturated carbocycles. The minimum atomic E-state index is -4.21. The molecule has 19 heavy (non-hydrogen) atoms. The van der Waals surface area contributed by atoms with E-state index in [4.69, 9.17) is 20.9 Å². The summed E-state index contributed by atoms with van der Waals surface area (Å²) in [6, 6.07) is 5.81. The largest absolute Gasteiger partial charge is 0.424 e. The van der Waals surface area contributed by atoms with Crippen molar-refractivity contribution in [3.8, 4) is 5.75 Å². The molecule has 1 N–H and O–H groups in total. The summed E-state index contributed by atoms with van der Waals surface area (Å²) >= 11 is 5.40. The topological polar surface area (TPSA) is 38.7 Å². The lowest BCUT2D eigenvalue weighted by Crippen LogP contribution is -2.10. The molecule has 0 spiro atoms. The van der Waals surface area contributed by atoms with Crippen molar-refractivity contribution in [1.29, 1.82) is 0 Å². The number of rotatable bonds is 6. The van der Waals surface area contributed by atoms with Crippen LogP contribution in [0.1, 0.15) is 6.92 Å². The third-order valence-corrected chi connectivity index (χ3v) is 4.38. The summed E-state index contributed by atoms with van der Waals surface area (Å²) in [7, 11) is 0. The third-order valence-electron chi connectivity index (χ3n) is 1.74. The molecule has 0 aromatic heterocycles. The van der Waals surface area contributed by atoms with E-state index in [-0.39, 0.29) is 12.4 Å². The molecule has 0 bridgehead atoms. The zero-order valence-corrected chi connectivity index (χ0v) is 12.4. The minimum Gasteiger partial charge on any atom is -0.424 e. The number of hydrogen-bond donors (Lipinski definition) is 1. The zero-order chi connectivity index (χ0) is 14.5. The molecule has 0 amide bonds. The van der Waals surface area contributed by atoms with Crippen LogP contribution in [0.4, 0.5) is 13.2 Å². The van der Waals surface area contributed by atoms with Gasteiger partial charge < -0.3 is 9.42 Å². The van der Waals surface area contributed by atoms with Crippen LogP contribution in [0.2, 0.25) is 0 Å². The van der Waals surface area contributed by atoms with Crippen molar-refractivity contribution in [2.75, 3.05) is 12.4 Å². The minimum absolute atomic E-state index is 0.216. The second-order valence-corrected chi connectivity index (χ2v) is 7.16. The van der Waals surface area contributed by atoms with Gasteiger partial charge in [0.2, 0.25) is 0 Å². The smallest absolute Gasteiger partial charge is 0.398 e. The summed E-state index contributed by atoms with van der Waals surface area (Å²) in [5.74, 6) is -0.694. The number of hydrogen-bond acceptors (Lipinski definition) is 4. The normalized spacial score (nSPS) is 15.0. The fourth-order valence-corrected chi connectivity index (χ4v) is 3.09. The van der Waals surface area contributed by atoms with E-state index in [1.165, 1.54) is 24.3 Å². The van der Waals surface area contributed by atoms with Gasteiger partial charge in [0.1, 0.15) is 5.75 Å². The molecule has 0 heterocycles. The lowest BCUT2D eigenvalue weighted by atomic mass is 10.3. The summed E-state index contributed by atoms with van der Waals surface area (Å²) < 4.78 is 46.0. The molecule has 0 fully saturated rings. The molecule has 1 atom stereocenters. The van der Waals surface area contributed by atoms with Crippen molar-refractivity contribution in [1.82, 2.24) is 0 Å². The quantitative estimate of drug-likeness (QED) is 0.630. The highest BCUT2D eigenvalue weighted by Gasteiger charge is 2.27. The zero-order valence-electron chi connectivity index (χ0n) is 9.88. The summed E-state index contributed by atoms with van der Waals surface area (Å²) in [5, 5.41) is 0. The number of halogens is 3.